The summed E-state index contributed by atoms with van der Waals surface area (Å²) in [5.74, 6) is -0.338. The van der Waals surface area contributed by atoms with E-state index in [2.05, 4.69) is 22.2 Å². The first-order chi connectivity index (χ1) is 25.4. The van der Waals surface area contributed by atoms with Crippen LogP contribution in [0.4, 0.5) is 5.69 Å². The van der Waals surface area contributed by atoms with E-state index in [0.29, 0.717) is 50.6 Å². The van der Waals surface area contributed by atoms with Crippen molar-refractivity contribution >= 4 is 46.5 Å². The van der Waals surface area contributed by atoms with Gasteiger partial charge in [-0.15, -0.1) is 0 Å². The highest BCUT2D eigenvalue weighted by molar-refractivity contribution is 6.39. The monoisotopic (exact) mass is 757 g/mol. The van der Waals surface area contributed by atoms with E-state index in [1.807, 2.05) is 53.6 Å². The number of amides is 1. The van der Waals surface area contributed by atoms with Gasteiger partial charge >= 0.3 is 5.97 Å². The number of likely N-dealkylation sites (N-methyl/N-ethyl adjacent to an activating group) is 1. The third kappa shape index (κ3) is 6.39. The fourth-order valence-electron chi connectivity index (χ4n) is 9.43. The molecule has 2 fully saturated rings. The number of hydrogen-bond acceptors (Lipinski definition) is 7. The number of carbonyl (C=O) groups is 3. The second-order valence-electron chi connectivity index (χ2n) is 15.8. The molecule has 4 aromatic rings. The molecule has 0 radical (unpaired) electrons. The summed E-state index contributed by atoms with van der Waals surface area (Å²) >= 11 is 13.9. The first-order valence-electron chi connectivity index (χ1n) is 18.5. The number of carboxylic acid groups (broad SMARTS) is 1. The number of ketones is 1. The molecule has 2 aromatic heterocycles. The lowest BCUT2D eigenvalue weighted by Gasteiger charge is -2.32. The summed E-state index contributed by atoms with van der Waals surface area (Å²) in [5.41, 5.74) is 6.03. The Bertz CT molecular complexity index is 2150. The summed E-state index contributed by atoms with van der Waals surface area (Å²) in [6.45, 7) is 4.07. The Morgan fingerprint density at radius 1 is 0.830 bits per heavy atom. The predicted octanol–water partition coefficient (Wildman–Crippen LogP) is 6.58. The minimum absolute atomic E-state index is 0.0911. The van der Waals surface area contributed by atoms with Crippen molar-refractivity contribution in [2.75, 3.05) is 32.0 Å². The third-order valence-corrected chi connectivity index (χ3v) is 13.4. The topological polar surface area (TPSA) is 126 Å². The highest BCUT2D eigenvalue weighted by atomic mass is 35.5. The van der Waals surface area contributed by atoms with E-state index in [1.54, 1.807) is 6.07 Å². The molecule has 2 saturated carbocycles. The molecule has 2 bridgehead atoms. The van der Waals surface area contributed by atoms with Gasteiger partial charge in [-0.05, 0) is 69.2 Å². The van der Waals surface area contributed by atoms with Gasteiger partial charge in [-0.25, -0.2) is 9.97 Å². The molecule has 13 heteroatoms. The van der Waals surface area contributed by atoms with Crippen LogP contribution in [0.2, 0.25) is 10.0 Å². The summed E-state index contributed by atoms with van der Waals surface area (Å²) in [6, 6.07) is 11.0. The van der Waals surface area contributed by atoms with Crippen molar-refractivity contribution in [3.8, 4) is 11.1 Å². The van der Waals surface area contributed by atoms with E-state index < -0.39 is 11.4 Å². The third-order valence-electron chi connectivity index (χ3n) is 12.6. The number of carboxylic acids is 1. The maximum atomic E-state index is 13.7. The molecule has 2 aliphatic carbocycles. The van der Waals surface area contributed by atoms with Crippen LogP contribution in [0.25, 0.3) is 11.1 Å². The van der Waals surface area contributed by atoms with Crippen molar-refractivity contribution in [3.05, 3.63) is 86.4 Å². The molecule has 0 saturated heterocycles. The molecular weight excluding hydrogens is 713 g/mol. The van der Waals surface area contributed by atoms with Crippen molar-refractivity contribution in [1.29, 1.82) is 0 Å². The van der Waals surface area contributed by atoms with E-state index in [-0.39, 0.29) is 23.5 Å². The van der Waals surface area contributed by atoms with Gasteiger partial charge in [0.15, 0.2) is 11.6 Å². The first kappa shape index (κ1) is 36.0. The zero-order valence-corrected chi connectivity index (χ0v) is 32.0. The number of benzene rings is 2. The zero-order valence-electron chi connectivity index (χ0n) is 30.5. The Morgan fingerprint density at radius 3 is 2.19 bits per heavy atom. The van der Waals surface area contributed by atoms with E-state index in [4.69, 9.17) is 33.2 Å². The Morgan fingerprint density at radius 2 is 1.47 bits per heavy atom. The Hall–Kier alpha value is -4.03. The number of hydrogen-bond donors (Lipinski definition) is 2. The van der Waals surface area contributed by atoms with E-state index >= 15 is 0 Å². The molecule has 0 spiro atoms. The van der Waals surface area contributed by atoms with Crippen LogP contribution in [0.15, 0.2) is 36.4 Å². The van der Waals surface area contributed by atoms with Crippen LogP contribution in [0.1, 0.15) is 88.1 Å². The van der Waals surface area contributed by atoms with Crippen LogP contribution < -0.4 is 5.32 Å². The van der Waals surface area contributed by atoms with E-state index in [9.17, 15) is 19.5 Å². The number of nitrogens with zero attached hydrogens (tertiary/aromatic N) is 6. The molecule has 11 nitrogen and oxygen atoms in total. The molecule has 0 atom stereocenters. The van der Waals surface area contributed by atoms with Gasteiger partial charge in [0, 0.05) is 82.1 Å². The largest absolute Gasteiger partial charge is 0.481 e. The van der Waals surface area contributed by atoms with E-state index in [0.717, 1.165) is 100 Å². The summed E-state index contributed by atoms with van der Waals surface area (Å²) in [4.78, 5) is 53.2. The average Bonchev–Trinajstić information content (AvgIpc) is 3.89. The molecule has 2 aliphatic heterocycles. The SMILES string of the molecule is CN1CCc2c(nc(C(=O)Cc3cccc(-c4cccc(NC(=O)c5nc6c(n5C)CCN(CCC57CCC(C(=O)O)(CC5)C7)C6)c4Cl)c3Cl)n2C)C1. The molecule has 53 heavy (non-hydrogen) atoms. The molecule has 8 rings (SSSR count). The van der Waals surface area contributed by atoms with Crippen LogP contribution in [0.5, 0.6) is 0 Å². The Kier molecular flexibility index (Phi) is 9.28. The number of rotatable bonds is 10. The molecule has 2 N–H and O–H groups in total. The summed E-state index contributed by atoms with van der Waals surface area (Å²) in [5, 5.41) is 13.6. The van der Waals surface area contributed by atoms with Gasteiger partial charge in [-0.1, -0.05) is 53.5 Å². The smallest absolute Gasteiger partial charge is 0.309 e. The summed E-state index contributed by atoms with van der Waals surface area (Å²) in [7, 11) is 5.83. The number of aromatic nitrogens is 4. The van der Waals surface area contributed by atoms with Gasteiger partial charge in [0.2, 0.25) is 5.78 Å². The average molecular weight is 759 g/mol. The number of nitrogens with one attached hydrogen (secondary N) is 1. The quantitative estimate of drug-likeness (QED) is 0.174. The van der Waals surface area contributed by atoms with Gasteiger partial charge in [0.1, 0.15) is 0 Å². The zero-order chi connectivity index (χ0) is 37.2. The van der Waals surface area contributed by atoms with Crippen molar-refractivity contribution in [2.24, 2.45) is 24.9 Å². The van der Waals surface area contributed by atoms with Crippen LogP contribution in [-0.4, -0.2) is 78.4 Å². The van der Waals surface area contributed by atoms with Crippen LogP contribution in [0.3, 0.4) is 0 Å². The fraction of sp³-hybridized carbons (Fsp3) is 0.475. The van der Waals surface area contributed by atoms with Crippen molar-refractivity contribution in [3.63, 3.8) is 0 Å². The number of imidazole rings is 2. The van der Waals surface area contributed by atoms with Crippen LogP contribution in [-0.2, 0) is 51.2 Å². The lowest BCUT2D eigenvalue weighted by Crippen LogP contribution is -2.34. The lowest BCUT2D eigenvalue weighted by atomic mass is 9.80. The van der Waals surface area contributed by atoms with Crippen molar-refractivity contribution in [2.45, 2.75) is 70.9 Å². The highest BCUT2D eigenvalue weighted by Crippen LogP contribution is 2.63. The van der Waals surface area contributed by atoms with Gasteiger partial charge in [0.05, 0.1) is 32.5 Å². The minimum atomic E-state index is -0.624. The maximum absolute atomic E-state index is 13.7. The fourth-order valence-corrected chi connectivity index (χ4v) is 10.00. The lowest BCUT2D eigenvalue weighted by molar-refractivity contribution is -0.148. The molecule has 0 unspecified atom stereocenters. The molecule has 4 heterocycles. The first-order valence-corrected chi connectivity index (χ1v) is 19.3. The number of carbonyl (C=O) groups excluding carboxylic acids is 2. The molecule has 2 aromatic carbocycles. The minimum Gasteiger partial charge on any atom is -0.481 e. The Labute approximate surface area is 319 Å². The van der Waals surface area contributed by atoms with Gasteiger partial charge < -0.3 is 24.5 Å². The second kappa shape index (κ2) is 13.7. The van der Waals surface area contributed by atoms with Gasteiger partial charge in [-0.2, -0.15) is 0 Å². The number of anilines is 1. The van der Waals surface area contributed by atoms with E-state index in [1.165, 1.54) is 0 Å². The normalized spacial score (nSPS) is 22.5. The number of fused-ring (bicyclic) bond motifs is 4. The Balaban J connectivity index is 0.950. The van der Waals surface area contributed by atoms with Crippen molar-refractivity contribution < 1.29 is 19.5 Å². The molecular formula is C40H45Cl2N7O4. The molecule has 4 aliphatic rings. The summed E-state index contributed by atoms with van der Waals surface area (Å²) < 4.78 is 3.79. The van der Waals surface area contributed by atoms with Gasteiger partial charge in [0.25, 0.3) is 5.91 Å². The number of Topliss-reactive ketones (excluding diaryl/α,β-unsaturated/α-hetero) is 1. The number of halogens is 2. The maximum Gasteiger partial charge on any atom is 0.309 e. The molecule has 278 valence electrons. The van der Waals surface area contributed by atoms with Gasteiger partial charge in [-0.3, -0.25) is 19.3 Å². The van der Waals surface area contributed by atoms with Crippen LogP contribution in [0, 0.1) is 10.8 Å². The molecule has 1 amide bonds. The van der Waals surface area contributed by atoms with Crippen LogP contribution >= 0.6 is 23.2 Å². The summed E-state index contributed by atoms with van der Waals surface area (Å²) in [6.07, 6.45) is 7.12. The predicted molar refractivity (Wildman–Crippen MR) is 204 cm³/mol. The second-order valence-corrected chi connectivity index (χ2v) is 16.6. The highest BCUT2D eigenvalue weighted by Gasteiger charge is 2.57. The number of aliphatic carboxylic acids is 1. The standard InChI is InChI=1S/C40H45Cl2N7O4/c1-46-17-10-30-28(21-46)43-35(47(30)2)32(50)20-24-6-4-7-25(33(24)41)26-8-5-9-27(34(26)42)45-37(51)36-44-29-22-49(18-11-31(29)48(36)3)19-16-39-12-14-40(23-39,15-13-39)38(52)53/h4-9H,10-23H2,1-3H3,(H,45,51)(H,52,53). The van der Waals surface area contributed by atoms with Crippen molar-refractivity contribution in [1.82, 2.24) is 28.9 Å².